The van der Waals surface area contributed by atoms with Gasteiger partial charge in [-0.2, -0.15) is 0 Å². The molecule has 3 aromatic rings. The van der Waals surface area contributed by atoms with Crippen molar-refractivity contribution in [1.82, 2.24) is 20.1 Å². The van der Waals surface area contributed by atoms with Crippen molar-refractivity contribution in [2.45, 2.75) is 38.9 Å². The highest BCUT2D eigenvalue weighted by Crippen LogP contribution is 2.25. The second kappa shape index (κ2) is 10.5. The summed E-state index contributed by atoms with van der Waals surface area (Å²) in [5, 5.41) is 15.2. The molecule has 0 spiro atoms. The first-order chi connectivity index (χ1) is 15.3. The van der Waals surface area contributed by atoms with Gasteiger partial charge in [-0.3, -0.25) is 9.59 Å². The Morgan fingerprint density at radius 2 is 1.66 bits per heavy atom. The lowest BCUT2D eigenvalue weighted by Crippen LogP contribution is -2.33. The molecule has 0 saturated heterocycles. The minimum atomic E-state index is -0.307. The van der Waals surface area contributed by atoms with Crippen molar-refractivity contribution in [1.29, 1.82) is 0 Å². The van der Waals surface area contributed by atoms with Crippen LogP contribution in [0.15, 0.2) is 53.7 Å². The molecular weight excluding hydrogens is 422 g/mol. The van der Waals surface area contributed by atoms with Gasteiger partial charge < -0.3 is 15.2 Å². The number of nitrogens with zero attached hydrogens (tertiary/aromatic N) is 3. The van der Waals surface area contributed by atoms with Crippen LogP contribution in [-0.2, 0) is 11.8 Å². The lowest BCUT2D eigenvalue weighted by Gasteiger charge is -2.21. The maximum atomic E-state index is 12.7. The van der Waals surface area contributed by atoms with Crippen LogP contribution in [0.1, 0.15) is 47.2 Å². The number of rotatable bonds is 8. The number of amides is 2. The van der Waals surface area contributed by atoms with E-state index in [2.05, 4.69) is 20.8 Å². The number of hydrogen-bond donors (Lipinski definition) is 2. The maximum Gasteiger partial charge on any atom is 0.251 e. The molecule has 2 aromatic carbocycles. The van der Waals surface area contributed by atoms with Gasteiger partial charge in [0.15, 0.2) is 11.0 Å². The van der Waals surface area contributed by atoms with Crippen molar-refractivity contribution in [3.8, 4) is 0 Å². The Kier molecular flexibility index (Phi) is 7.69. The summed E-state index contributed by atoms with van der Waals surface area (Å²) in [5.74, 6) is 0.713. The standard InChI is InChI=1S/C24H29N5O2S/c1-15(2)20(26-23(31)18-12-7-6-8-13-18)22-27-28-24(29(22)5)32-14-19(30)25-21-16(3)10-9-11-17(21)4/h6-13,15,20H,14H2,1-5H3,(H,25,30)(H,26,31)/t20-/m0/s1. The van der Waals surface area contributed by atoms with Gasteiger partial charge in [-0.1, -0.05) is 62.0 Å². The summed E-state index contributed by atoms with van der Waals surface area (Å²) in [5.41, 5.74) is 3.50. The fourth-order valence-electron chi connectivity index (χ4n) is 3.38. The third kappa shape index (κ3) is 5.56. The molecular formula is C24H29N5O2S. The van der Waals surface area contributed by atoms with E-state index in [-0.39, 0.29) is 29.5 Å². The number of thioether (sulfide) groups is 1. The Balaban J connectivity index is 1.67. The van der Waals surface area contributed by atoms with Crippen LogP contribution in [0.3, 0.4) is 0 Å². The van der Waals surface area contributed by atoms with E-state index in [1.54, 1.807) is 12.1 Å². The number of hydrogen-bond acceptors (Lipinski definition) is 5. The van der Waals surface area contributed by atoms with E-state index in [9.17, 15) is 9.59 Å². The molecule has 0 saturated carbocycles. The van der Waals surface area contributed by atoms with Crippen LogP contribution in [0.25, 0.3) is 0 Å². The SMILES string of the molecule is Cc1cccc(C)c1NC(=O)CSc1nnc([C@@H](NC(=O)c2ccccc2)C(C)C)n1C. The molecule has 3 rings (SSSR count). The first-order valence-electron chi connectivity index (χ1n) is 10.5. The average molecular weight is 452 g/mol. The summed E-state index contributed by atoms with van der Waals surface area (Å²) in [6, 6.07) is 14.7. The Labute approximate surface area is 193 Å². The maximum absolute atomic E-state index is 12.7. The van der Waals surface area contributed by atoms with E-state index >= 15 is 0 Å². The summed E-state index contributed by atoms with van der Waals surface area (Å²) < 4.78 is 1.84. The molecule has 168 valence electrons. The summed E-state index contributed by atoms with van der Waals surface area (Å²) in [4.78, 5) is 25.2. The molecule has 7 nitrogen and oxygen atoms in total. The number of aromatic nitrogens is 3. The van der Waals surface area contributed by atoms with Crippen LogP contribution < -0.4 is 10.6 Å². The Morgan fingerprint density at radius 1 is 1.00 bits per heavy atom. The smallest absolute Gasteiger partial charge is 0.251 e. The van der Waals surface area contributed by atoms with Crippen molar-refractivity contribution in [2.75, 3.05) is 11.1 Å². The van der Waals surface area contributed by atoms with E-state index in [0.29, 0.717) is 16.5 Å². The zero-order valence-electron chi connectivity index (χ0n) is 19.0. The topological polar surface area (TPSA) is 88.9 Å². The molecule has 0 aliphatic heterocycles. The molecule has 1 heterocycles. The molecule has 32 heavy (non-hydrogen) atoms. The lowest BCUT2D eigenvalue weighted by atomic mass is 10.0. The molecule has 2 N–H and O–H groups in total. The third-order valence-electron chi connectivity index (χ3n) is 5.21. The van der Waals surface area contributed by atoms with Crippen molar-refractivity contribution in [2.24, 2.45) is 13.0 Å². The molecule has 1 aromatic heterocycles. The molecule has 0 aliphatic carbocycles. The van der Waals surface area contributed by atoms with E-state index in [4.69, 9.17) is 0 Å². The third-order valence-corrected chi connectivity index (χ3v) is 6.23. The van der Waals surface area contributed by atoms with Crippen LogP contribution in [0, 0.1) is 19.8 Å². The van der Waals surface area contributed by atoms with Gasteiger partial charge in [0, 0.05) is 18.3 Å². The molecule has 0 aliphatic rings. The number of benzene rings is 2. The van der Waals surface area contributed by atoms with Crippen molar-refractivity contribution in [3.05, 3.63) is 71.0 Å². The summed E-state index contributed by atoms with van der Waals surface area (Å²) in [7, 11) is 1.85. The molecule has 1 atom stereocenters. The first-order valence-corrected chi connectivity index (χ1v) is 11.5. The molecule has 0 unspecified atom stereocenters. The fourth-order valence-corrected chi connectivity index (χ4v) is 4.10. The molecule has 0 fully saturated rings. The van der Waals surface area contributed by atoms with E-state index in [0.717, 1.165) is 16.8 Å². The molecule has 2 amide bonds. The quantitative estimate of drug-likeness (QED) is 0.499. The van der Waals surface area contributed by atoms with Crippen molar-refractivity contribution in [3.63, 3.8) is 0 Å². The minimum absolute atomic E-state index is 0.102. The van der Waals surface area contributed by atoms with Gasteiger partial charge in [-0.15, -0.1) is 10.2 Å². The lowest BCUT2D eigenvalue weighted by molar-refractivity contribution is -0.113. The normalized spacial score (nSPS) is 11.9. The Bertz CT molecular complexity index is 1070. The number of nitrogens with one attached hydrogen (secondary N) is 2. The van der Waals surface area contributed by atoms with Gasteiger partial charge >= 0.3 is 0 Å². The predicted octanol–water partition coefficient (Wildman–Crippen LogP) is 4.29. The van der Waals surface area contributed by atoms with Gasteiger partial charge in [-0.25, -0.2) is 0 Å². The van der Waals surface area contributed by atoms with Crippen LogP contribution in [0.4, 0.5) is 5.69 Å². The molecule has 0 radical (unpaired) electrons. The number of carbonyl (C=O) groups is 2. The van der Waals surface area contributed by atoms with Crippen molar-refractivity contribution >= 4 is 29.3 Å². The largest absolute Gasteiger partial charge is 0.342 e. The van der Waals surface area contributed by atoms with E-state index < -0.39 is 0 Å². The van der Waals surface area contributed by atoms with Crippen LogP contribution >= 0.6 is 11.8 Å². The first kappa shape index (κ1) is 23.5. The summed E-state index contributed by atoms with van der Waals surface area (Å²) in [6.45, 7) is 7.99. The van der Waals surface area contributed by atoms with Gasteiger partial charge in [0.05, 0.1) is 11.8 Å². The molecule has 0 bridgehead atoms. The van der Waals surface area contributed by atoms with Crippen LogP contribution in [-0.4, -0.2) is 32.3 Å². The number of para-hydroxylation sites is 1. The minimum Gasteiger partial charge on any atom is -0.342 e. The highest BCUT2D eigenvalue weighted by molar-refractivity contribution is 7.99. The number of carbonyl (C=O) groups excluding carboxylic acids is 2. The van der Waals surface area contributed by atoms with Crippen molar-refractivity contribution < 1.29 is 9.59 Å². The van der Waals surface area contributed by atoms with Crippen LogP contribution in [0.2, 0.25) is 0 Å². The summed E-state index contributed by atoms with van der Waals surface area (Å²) >= 11 is 1.32. The zero-order chi connectivity index (χ0) is 23.3. The number of aryl methyl sites for hydroxylation is 2. The predicted molar refractivity (Wildman–Crippen MR) is 128 cm³/mol. The second-order valence-corrected chi connectivity index (χ2v) is 9.01. The number of anilines is 1. The van der Waals surface area contributed by atoms with Gasteiger partial charge in [-0.05, 0) is 43.0 Å². The van der Waals surface area contributed by atoms with Gasteiger partial charge in [0.2, 0.25) is 5.91 Å². The highest BCUT2D eigenvalue weighted by Gasteiger charge is 2.25. The van der Waals surface area contributed by atoms with Gasteiger partial charge in [0.1, 0.15) is 0 Å². The van der Waals surface area contributed by atoms with Gasteiger partial charge in [0.25, 0.3) is 5.91 Å². The second-order valence-electron chi connectivity index (χ2n) is 8.06. The monoisotopic (exact) mass is 451 g/mol. The van der Waals surface area contributed by atoms with Crippen LogP contribution in [0.5, 0.6) is 0 Å². The van der Waals surface area contributed by atoms with E-state index in [1.165, 1.54) is 11.8 Å². The summed E-state index contributed by atoms with van der Waals surface area (Å²) in [6.07, 6.45) is 0. The molecule has 8 heteroatoms. The fraction of sp³-hybridized carbons (Fsp3) is 0.333. The Morgan fingerprint density at radius 3 is 2.28 bits per heavy atom. The van der Waals surface area contributed by atoms with E-state index in [1.807, 2.05) is 75.7 Å². The highest BCUT2D eigenvalue weighted by atomic mass is 32.2. The average Bonchev–Trinajstić information content (AvgIpc) is 3.13. The Hall–Kier alpha value is -3.13. The zero-order valence-corrected chi connectivity index (χ0v) is 19.9.